The van der Waals surface area contributed by atoms with Gasteiger partial charge in [0.15, 0.2) is 0 Å². The average molecular weight is 531 g/mol. The Balaban J connectivity index is 1.07. The molecule has 6 aliphatic rings. The topological polar surface area (TPSA) is 101 Å². The van der Waals surface area contributed by atoms with E-state index in [0.29, 0.717) is 11.6 Å². The fourth-order valence-electron chi connectivity index (χ4n) is 8.90. The number of hydrogen-bond acceptors (Lipinski definition) is 6. The number of benzene rings is 1. The monoisotopic (exact) mass is 530 g/mol. The van der Waals surface area contributed by atoms with Crippen molar-refractivity contribution in [2.45, 2.75) is 81.9 Å². The highest BCUT2D eigenvalue weighted by atomic mass is 16.5. The van der Waals surface area contributed by atoms with Crippen LogP contribution in [0, 0.1) is 17.3 Å². The Morgan fingerprint density at radius 3 is 2.49 bits per heavy atom. The molecule has 2 aromatic rings. The first-order valence-corrected chi connectivity index (χ1v) is 14.8. The molecule has 4 aliphatic carbocycles. The van der Waals surface area contributed by atoms with Crippen LogP contribution in [0.5, 0.6) is 0 Å². The third-order valence-corrected chi connectivity index (χ3v) is 11.8. The maximum atomic E-state index is 13.4. The van der Waals surface area contributed by atoms with Gasteiger partial charge in [-0.3, -0.25) is 9.69 Å². The van der Waals surface area contributed by atoms with Gasteiger partial charge in [0.1, 0.15) is 5.82 Å². The highest BCUT2D eigenvalue weighted by Gasteiger charge is 2.78. The van der Waals surface area contributed by atoms with Gasteiger partial charge in [-0.05, 0) is 81.4 Å². The molecule has 1 amide bonds. The number of hydrogen-bond donors (Lipinski definition) is 3. The first-order chi connectivity index (χ1) is 18.6. The zero-order valence-corrected chi connectivity index (χ0v) is 23.5. The molecule has 1 aromatic heterocycles. The van der Waals surface area contributed by atoms with Gasteiger partial charge >= 0.3 is 0 Å². The van der Waals surface area contributed by atoms with E-state index in [0.717, 1.165) is 62.5 Å². The van der Waals surface area contributed by atoms with Gasteiger partial charge in [-0.2, -0.15) is 0 Å². The fourth-order valence-corrected chi connectivity index (χ4v) is 8.90. The van der Waals surface area contributed by atoms with E-state index < -0.39 is 5.60 Å². The largest absolute Gasteiger partial charge is 0.390 e. The van der Waals surface area contributed by atoms with Gasteiger partial charge in [0, 0.05) is 60.5 Å². The molecular weight excluding hydrogens is 488 g/mol. The Kier molecular flexibility index (Phi) is 5.56. The minimum atomic E-state index is -0.744. The van der Waals surface area contributed by atoms with E-state index in [4.69, 9.17) is 10.5 Å². The normalized spacial score (nSPS) is 35.9. The first-order valence-electron chi connectivity index (χ1n) is 14.8. The lowest BCUT2D eigenvalue weighted by Crippen LogP contribution is -2.85. The maximum absolute atomic E-state index is 13.4. The van der Waals surface area contributed by atoms with E-state index in [9.17, 15) is 9.90 Å². The van der Waals surface area contributed by atoms with Crippen molar-refractivity contribution in [3.63, 3.8) is 0 Å². The van der Waals surface area contributed by atoms with Crippen LogP contribution in [0.15, 0.2) is 36.5 Å². The van der Waals surface area contributed by atoms with Crippen LogP contribution < -0.4 is 11.1 Å². The predicted molar refractivity (Wildman–Crippen MR) is 151 cm³/mol. The molecule has 3 atom stereocenters. The average Bonchev–Trinajstić information content (AvgIpc) is 3.16. The number of nitrogen functional groups attached to an aromatic ring is 1. The number of nitrogens with zero attached hydrogens (tertiary/aromatic N) is 2. The second kappa shape index (κ2) is 8.51. The molecule has 4 N–H and O–H groups in total. The summed E-state index contributed by atoms with van der Waals surface area (Å²) in [5, 5.41) is 13.9. The summed E-state index contributed by atoms with van der Waals surface area (Å²) in [5.74, 6) is 1.05. The minimum Gasteiger partial charge on any atom is -0.390 e. The van der Waals surface area contributed by atoms with Crippen molar-refractivity contribution in [1.29, 1.82) is 0 Å². The molecule has 2 saturated heterocycles. The van der Waals surface area contributed by atoms with E-state index in [1.807, 2.05) is 19.9 Å². The smallest absolute Gasteiger partial charge is 0.255 e. The van der Waals surface area contributed by atoms with Crippen molar-refractivity contribution >= 4 is 11.7 Å². The Morgan fingerprint density at radius 1 is 1.15 bits per heavy atom. The van der Waals surface area contributed by atoms with E-state index >= 15 is 0 Å². The Morgan fingerprint density at radius 2 is 1.87 bits per heavy atom. The number of amides is 1. The van der Waals surface area contributed by atoms with Crippen molar-refractivity contribution in [2.75, 3.05) is 32.0 Å². The molecule has 2 bridgehead atoms. The number of aliphatic hydroxyl groups is 1. The molecular formula is C32H42N4O3. The summed E-state index contributed by atoms with van der Waals surface area (Å²) in [7, 11) is 0. The number of ether oxygens (including phenoxy) is 1. The van der Waals surface area contributed by atoms with E-state index in [-0.39, 0.29) is 34.0 Å². The molecule has 1 aromatic carbocycles. The first kappa shape index (κ1) is 25.5. The number of nitrogens with two attached hydrogens (primary N) is 1. The van der Waals surface area contributed by atoms with Crippen LogP contribution in [-0.4, -0.2) is 64.4 Å². The third-order valence-electron chi connectivity index (χ3n) is 11.8. The number of anilines is 1. The van der Waals surface area contributed by atoms with Crippen LogP contribution in [0.4, 0.5) is 5.82 Å². The van der Waals surface area contributed by atoms with Crippen LogP contribution in [0.25, 0.3) is 11.1 Å². The molecule has 0 radical (unpaired) electrons. The maximum Gasteiger partial charge on any atom is 0.255 e. The number of carbonyl (C=O) groups is 1. The van der Waals surface area contributed by atoms with Crippen molar-refractivity contribution in [3.8, 4) is 11.1 Å². The van der Waals surface area contributed by atoms with Gasteiger partial charge in [-0.15, -0.1) is 0 Å². The molecule has 2 aliphatic heterocycles. The second-order valence-corrected chi connectivity index (χ2v) is 13.8. The number of fused-ring (bicyclic) bond motifs is 1. The molecule has 4 saturated carbocycles. The van der Waals surface area contributed by atoms with Crippen molar-refractivity contribution in [1.82, 2.24) is 15.2 Å². The summed E-state index contributed by atoms with van der Waals surface area (Å²) in [6.07, 6.45) is 8.27. The molecule has 7 nitrogen and oxygen atoms in total. The number of pyridine rings is 1. The molecule has 6 fully saturated rings. The number of nitrogens with one attached hydrogen (secondary N) is 1. The SMILES string of the molecule is C[C@H]1C2(NC(=O)c3cc(-c4ccc([C@@]56CC[C@@H]5CN(C5CCOCC5)C6)cc4)cnc3N)CC1(C(C)(C)O)C2. The highest BCUT2D eigenvalue weighted by Crippen LogP contribution is 2.75. The van der Waals surface area contributed by atoms with Gasteiger partial charge in [-0.1, -0.05) is 31.2 Å². The van der Waals surface area contributed by atoms with Gasteiger partial charge in [0.2, 0.25) is 0 Å². The zero-order chi connectivity index (χ0) is 27.2. The molecule has 0 unspecified atom stereocenters. The van der Waals surface area contributed by atoms with Crippen LogP contribution in [0.1, 0.15) is 75.2 Å². The molecule has 0 spiro atoms. The number of rotatable bonds is 6. The van der Waals surface area contributed by atoms with E-state index in [1.54, 1.807) is 6.20 Å². The minimum absolute atomic E-state index is 0.103. The standard InChI is InChI=1S/C32H42N4O3/c1-20-31(29(2,3)38)17-32(20,18-31)35-28(37)26-14-22(15-34-27(26)33)21-4-6-23(7-5-21)30-11-8-24(30)16-36(19-30)25-9-12-39-13-10-25/h4-7,14-15,20,24-25,38H,8-13,16-19H2,1-3H3,(H2,33,34)(H,35,37)/t20-,24-,30+,31?,32?/m1/s1. The summed E-state index contributed by atoms with van der Waals surface area (Å²) < 4.78 is 5.61. The third kappa shape index (κ3) is 3.58. The molecule has 7 heteroatoms. The molecule has 208 valence electrons. The second-order valence-electron chi connectivity index (χ2n) is 13.8. The highest BCUT2D eigenvalue weighted by molar-refractivity contribution is 6.00. The molecule has 3 heterocycles. The predicted octanol–water partition coefficient (Wildman–Crippen LogP) is 4.14. The molecule has 39 heavy (non-hydrogen) atoms. The Bertz CT molecular complexity index is 1290. The van der Waals surface area contributed by atoms with E-state index in [2.05, 4.69) is 46.4 Å². The summed E-state index contributed by atoms with van der Waals surface area (Å²) in [6, 6.07) is 11.5. The Hall–Kier alpha value is -2.48. The quantitative estimate of drug-likeness (QED) is 0.519. The fraction of sp³-hybridized carbons (Fsp3) is 0.625. The molecule has 8 rings (SSSR count). The lowest BCUT2D eigenvalue weighted by atomic mass is 9.29. The summed E-state index contributed by atoms with van der Waals surface area (Å²) in [6.45, 7) is 10.0. The number of carbonyl (C=O) groups excluding carboxylic acids is 1. The van der Waals surface area contributed by atoms with Crippen LogP contribution in [0.3, 0.4) is 0 Å². The van der Waals surface area contributed by atoms with Crippen LogP contribution in [-0.2, 0) is 10.2 Å². The van der Waals surface area contributed by atoms with Crippen LogP contribution >= 0.6 is 0 Å². The van der Waals surface area contributed by atoms with Crippen molar-refractivity contribution in [2.24, 2.45) is 17.3 Å². The van der Waals surface area contributed by atoms with Crippen LogP contribution in [0.2, 0.25) is 0 Å². The summed E-state index contributed by atoms with van der Waals surface area (Å²) in [4.78, 5) is 20.5. The lowest BCUT2D eigenvalue weighted by molar-refractivity contribution is -0.296. The number of aromatic nitrogens is 1. The van der Waals surface area contributed by atoms with Crippen molar-refractivity contribution < 1.29 is 14.6 Å². The van der Waals surface area contributed by atoms with Crippen molar-refractivity contribution in [3.05, 3.63) is 47.7 Å². The Labute approximate surface area is 231 Å². The van der Waals surface area contributed by atoms with E-state index in [1.165, 1.54) is 24.9 Å². The lowest BCUT2D eigenvalue weighted by Gasteiger charge is -2.79. The summed E-state index contributed by atoms with van der Waals surface area (Å²) in [5.41, 5.74) is 9.18. The summed E-state index contributed by atoms with van der Waals surface area (Å²) >= 11 is 0. The zero-order valence-electron chi connectivity index (χ0n) is 23.5. The van der Waals surface area contributed by atoms with Gasteiger partial charge < -0.3 is 20.9 Å². The van der Waals surface area contributed by atoms with Gasteiger partial charge in [-0.25, -0.2) is 4.98 Å². The number of likely N-dealkylation sites (tertiary alicyclic amines) is 1. The van der Waals surface area contributed by atoms with Gasteiger partial charge in [0.25, 0.3) is 5.91 Å². The van der Waals surface area contributed by atoms with Gasteiger partial charge in [0.05, 0.1) is 11.2 Å².